The number of carbonyl (C=O) groups excluding carboxylic acids is 1. The van der Waals surface area contributed by atoms with Gasteiger partial charge in [-0.2, -0.15) is 0 Å². The summed E-state index contributed by atoms with van der Waals surface area (Å²) in [5, 5.41) is 6.00. The molecule has 2 aromatic rings. The van der Waals surface area contributed by atoms with E-state index >= 15 is 0 Å². The van der Waals surface area contributed by atoms with Crippen LogP contribution in [-0.4, -0.2) is 18.7 Å². The predicted octanol–water partition coefficient (Wildman–Crippen LogP) is 3.76. The molecule has 0 bridgehead atoms. The van der Waals surface area contributed by atoms with Crippen molar-refractivity contribution in [3.05, 3.63) is 65.2 Å². The lowest BCUT2D eigenvalue weighted by Gasteiger charge is -2.30. The molecule has 0 saturated carbocycles. The van der Waals surface area contributed by atoms with Crippen molar-refractivity contribution >= 4 is 11.7 Å². The highest BCUT2D eigenvalue weighted by atomic mass is 16.5. The van der Waals surface area contributed by atoms with Crippen molar-refractivity contribution in [2.24, 2.45) is 0 Å². The van der Waals surface area contributed by atoms with Crippen LogP contribution in [0.2, 0.25) is 0 Å². The summed E-state index contributed by atoms with van der Waals surface area (Å²) in [6.45, 7) is 1.93. The monoisotopic (exact) mass is 338 g/mol. The summed E-state index contributed by atoms with van der Waals surface area (Å²) >= 11 is 0. The third kappa shape index (κ3) is 3.83. The summed E-state index contributed by atoms with van der Waals surface area (Å²) < 4.78 is 11.3. The minimum atomic E-state index is -0.169. The van der Waals surface area contributed by atoms with Gasteiger partial charge < -0.3 is 20.1 Å². The van der Waals surface area contributed by atoms with Crippen LogP contribution in [0.1, 0.15) is 35.6 Å². The Kier molecular flexibility index (Phi) is 4.68. The Balaban J connectivity index is 1.34. The van der Waals surface area contributed by atoms with Crippen LogP contribution in [0.3, 0.4) is 0 Å². The summed E-state index contributed by atoms with van der Waals surface area (Å²) in [6, 6.07) is 16.0. The molecule has 0 aromatic heterocycles. The number of ether oxygens (including phenoxy) is 2. The van der Waals surface area contributed by atoms with Gasteiger partial charge in [-0.3, -0.25) is 0 Å². The molecule has 2 N–H and O–H groups in total. The number of carbonyl (C=O) groups is 1. The first-order chi connectivity index (χ1) is 12.3. The van der Waals surface area contributed by atoms with E-state index in [2.05, 4.69) is 22.8 Å². The summed E-state index contributed by atoms with van der Waals surface area (Å²) in [5.74, 6) is 0. The van der Waals surface area contributed by atoms with E-state index in [-0.39, 0.29) is 18.2 Å². The van der Waals surface area contributed by atoms with Gasteiger partial charge in [0.25, 0.3) is 0 Å². The number of nitrogens with one attached hydrogen (secondary N) is 2. The smallest absolute Gasteiger partial charge is 0.319 e. The lowest BCUT2D eigenvalue weighted by molar-refractivity contribution is 0.00254. The molecule has 2 aromatic carbocycles. The molecule has 0 radical (unpaired) electrons. The number of fused-ring (bicyclic) bond motifs is 1. The molecule has 1 fully saturated rings. The summed E-state index contributed by atoms with van der Waals surface area (Å²) in [7, 11) is 0. The van der Waals surface area contributed by atoms with Gasteiger partial charge in [-0.05, 0) is 41.7 Å². The van der Waals surface area contributed by atoms with Crippen molar-refractivity contribution in [1.82, 2.24) is 5.32 Å². The van der Waals surface area contributed by atoms with Gasteiger partial charge in [0.05, 0.1) is 19.3 Å². The van der Waals surface area contributed by atoms with E-state index in [4.69, 9.17) is 9.47 Å². The topological polar surface area (TPSA) is 59.6 Å². The minimum absolute atomic E-state index is 0.0393. The van der Waals surface area contributed by atoms with Crippen molar-refractivity contribution in [2.45, 2.75) is 38.2 Å². The largest absolute Gasteiger partial charge is 0.373 e. The first-order valence-corrected chi connectivity index (χ1v) is 8.71. The van der Waals surface area contributed by atoms with E-state index < -0.39 is 0 Å². The molecule has 2 aliphatic heterocycles. The molecule has 2 atom stereocenters. The average molecular weight is 338 g/mol. The fourth-order valence-electron chi connectivity index (χ4n) is 3.43. The summed E-state index contributed by atoms with van der Waals surface area (Å²) in [5.41, 5.74) is 4.30. The lowest BCUT2D eigenvalue weighted by atomic mass is 9.97. The maximum Gasteiger partial charge on any atom is 0.319 e. The average Bonchev–Trinajstić information content (AvgIpc) is 3.10. The normalized spacial score (nSPS) is 22.2. The number of rotatable bonds is 3. The molecule has 5 heteroatoms. The van der Waals surface area contributed by atoms with Gasteiger partial charge >= 0.3 is 6.03 Å². The third-order valence-corrected chi connectivity index (χ3v) is 4.77. The van der Waals surface area contributed by atoms with E-state index in [0.29, 0.717) is 19.8 Å². The highest BCUT2D eigenvalue weighted by molar-refractivity contribution is 5.89. The Labute approximate surface area is 147 Å². The van der Waals surface area contributed by atoms with Crippen molar-refractivity contribution < 1.29 is 14.3 Å². The van der Waals surface area contributed by atoms with E-state index in [0.717, 1.165) is 29.7 Å². The third-order valence-electron chi connectivity index (χ3n) is 4.77. The standard InChI is InChI=1S/C20H22N2O3/c23-20(21-17-7-6-15-12-24-13-16(15)10-17)22-18-8-9-25-19(11-18)14-4-2-1-3-5-14/h1-7,10,18-19H,8-9,11-13H2,(H2,21,22,23)/t18-,19+/m1/s1. The van der Waals surface area contributed by atoms with Crippen LogP contribution in [-0.2, 0) is 22.7 Å². The van der Waals surface area contributed by atoms with E-state index in [9.17, 15) is 4.79 Å². The minimum Gasteiger partial charge on any atom is -0.373 e. The molecule has 1 saturated heterocycles. The maximum atomic E-state index is 12.3. The van der Waals surface area contributed by atoms with E-state index in [1.165, 1.54) is 5.56 Å². The van der Waals surface area contributed by atoms with Crippen molar-refractivity contribution in [1.29, 1.82) is 0 Å². The van der Waals surface area contributed by atoms with Gasteiger partial charge in [0, 0.05) is 18.3 Å². The van der Waals surface area contributed by atoms with Crippen LogP contribution < -0.4 is 10.6 Å². The van der Waals surface area contributed by atoms with Gasteiger partial charge in [-0.25, -0.2) is 4.79 Å². The van der Waals surface area contributed by atoms with Gasteiger partial charge in [0.15, 0.2) is 0 Å². The molecule has 0 aliphatic carbocycles. The Morgan fingerprint density at radius 1 is 1.04 bits per heavy atom. The van der Waals surface area contributed by atoms with Crippen LogP contribution in [0, 0.1) is 0 Å². The number of anilines is 1. The molecular formula is C20H22N2O3. The molecule has 2 aliphatic rings. The fraction of sp³-hybridized carbons (Fsp3) is 0.350. The molecule has 2 amide bonds. The fourth-order valence-corrected chi connectivity index (χ4v) is 3.43. The van der Waals surface area contributed by atoms with Gasteiger partial charge in [-0.1, -0.05) is 36.4 Å². The molecule has 130 valence electrons. The number of urea groups is 1. The highest BCUT2D eigenvalue weighted by Gasteiger charge is 2.25. The Bertz CT molecular complexity index is 748. The first kappa shape index (κ1) is 16.1. The van der Waals surface area contributed by atoms with Crippen LogP contribution in [0.4, 0.5) is 10.5 Å². The molecule has 25 heavy (non-hydrogen) atoms. The molecule has 5 nitrogen and oxygen atoms in total. The van der Waals surface area contributed by atoms with Crippen LogP contribution in [0.25, 0.3) is 0 Å². The molecule has 0 spiro atoms. The number of benzene rings is 2. The molecular weight excluding hydrogens is 316 g/mol. The quantitative estimate of drug-likeness (QED) is 0.896. The second kappa shape index (κ2) is 7.25. The lowest BCUT2D eigenvalue weighted by Crippen LogP contribution is -2.42. The summed E-state index contributed by atoms with van der Waals surface area (Å²) in [6.07, 6.45) is 1.65. The van der Waals surface area contributed by atoms with Gasteiger partial charge in [0.2, 0.25) is 0 Å². The molecule has 0 unspecified atom stereocenters. The van der Waals surface area contributed by atoms with Gasteiger partial charge in [-0.15, -0.1) is 0 Å². The Morgan fingerprint density at radius 2 is 1.88 bits per heavy atom. The SMILES string of the molecule is O=C(Nc1ccc2c(c1)COC2)N[C@@H]1CCO[C@H](c2ccccc2)C1. The number of hydrogen-bond acceptors (Lipinski definition) is 3. The number of hydrogen-bond donors (Lipinski definition) is 2. The zero-order valence-electron chi connectivity index (χ0n) is 14.0. The van der Waals surface area contributed by atoms with Crippen molar-refractivity contribution in [3.63, 3.8) is 0 Å². The van der Waals surface area contributed by atoms with Crippen molar-refractivity contribution in [2.75, 3.05) is 11.9 Å². The Hall–Kier alpha value is -2.37. The van der Waals surface area contributed by atoms with Crippen LogP contribution >= 0.6 is 0 Å². The summed E-state index contributed by atoms with van der Waals surface area (Å²) in [4.78, 5) is 12.3. The predicted molar refractivity (Wildman–Crippen MR) is 95.2 cm³/mol. The zero-order valence-corrected chi connectivity index (χ0v) is 14.0. The van der Waals surface area contributed by atoms with Crippen LogP contribution in [0.5, 0.6) is 0 Å². The highest BCUT2D eigenvalue weighted by Crippen LogP contribution is 2.28. The molecule has 4 rings (SSSR count). The molecule has 2 heterocycles. The first-order valence-electron chi connectivity index (χ1n) is 8.71. The zero-order chi connectivity index (χ0) is 17.1. The van der Waals surface area contributed by atoms with E-state index in [1.807, 2.05) is 36.4 Å². The van der Waals surface area contributed by atoms with E-state index in [1.54, 1.807) is 0 Å². The number of amides is 2. The van der Waals surface area contributed by atoms with Crippen molar-refractivity contribution in [3.8, 4) is 0 Å². The maximum absolute atomic E-state index is 12.3. The van der Waals surface area contributed by atoms with Crippen LogP contribution in [0.15, 0.2) is 48.5 Å². The second-order valence-corrected chi connectivity index (χ2v) is 6.57. The second-order valence-electron chi connectivity index (χ2n) is 6.57. The van der Waals surface area contributed by atoms with Gasteiger partial charge in [0.1, 0.15) is 0 Å². The Morgan fingerprint density at radius 3 is 2.76 bits per heavy atom.